The van der Waals surface area contributed by atoms with Crippen LogP contribution in [0.15, 0.2) is 18.2 Å². The molecule has 2 aromatic rings. The Morgan fingerprint density at radius 2 is 2.07 bits per heavy atom. The van der Waals surface area contributed by atoms with Gasteiger partial charge in [0.25, 0.3) is 0 Å². The van der Waals surface area contributed by atoms with E-state index in [0.29, 0.717) is 19.4 Å². The normalized spacial score (nSPS) is 10.7. The smallest absolute Gasteiger partial charge is 0.337 e. The summed E-state index contributed by atoms with van der Waals surface area (Å²) in [6, 6.07) is 4.95. The van der Waals surface area contributed by atoms with E-state index in [-0.39, 0.29) is 5.56 Å². The first kappa shape index (κ1) is 9.77. The largest absolute Gasteiger partial charge is 0.478 e. The number of aromatic carboxylic acids is 1. The predicted octanol–water partition coefficient (Wildman–Crippen LogP) is 3.91. The number of hydrogen-bond acceptors (Lipinski definition) is 2. The monoisotopic (exact) mass is 246 g/mol. The summed E-state index contributed by atoms with van der Waals surface area (Å²) in [7, 11) is 0. The highest BCUT2D eigenvalue weighted by molar-refractivity contribution is 7.23. The highest BCUT2D eigenvalue weighted by atomic mass is 35.5. The molecular formula is C9H4Cl2O2S. The molecule has 0 bridgehead atoms. The number of hydrogen-bond donors (Lipinski definition) is 1. The van der Waals surface area contributed by atoms with Crippen molar-refractivity contribution in [2.24, 2.45) is 0 Å². The molecule has 72 valence electrons. The second-order valence-electron chi connectivity index (χ2n) is 2.68. The molecule has 0 saturated carbocycles. The zero-order chi connectivity index (χ0) is 10.3. The van der Waals surface area contributed by atoms with E-state index < -0.39 is 5.97 Å². The van der Waals surface area contributed by atoms with Crippen molar-refractivity contribution >= 4 is 50.6 Å². The predicted molar refractivity (Wildman–Crippen MR) is 58.8 cm³/mol. The molecule has 2 nitrogen and oxygen atoms in total. The van der Waals surface area contributed by atoms with Gasteiger partial charge >= 0.3 is 5.97 Å². The molecule has 0 atom stereocenters. The van der Waals surface area contributed by atoms with E-state index in [1.165, 1.54) is 17.4 Å². The highest BCUT2D eigenvalue weighted by Crippen LogP contribution is 2.40. The summed E-state index contributed by atoms with van der Waals surface area (Å²) in [4.78, 5) is 10.9. The maximum Gasteiger partial charge on any atom is 0.337 e. The first-order chi connectivity index (χ1) is 6.61. The Balaban J connectivity index is 2.88. The minimum absolute atomic E-state index is 0.237. The number of benzene rings is 1. The topological polar surface area (TPSA) is 37.3 Å². The van der Waals surface area contributed by atoms with Crippen molar-refractivity contribution in [3.8, 4) is 0 Å². The van der Waals surface area contributed by atoms with Crippen LogP contribution >= 0.6 is 34.5 Å². The standard InChI is InChI=1S/C9H4Cl2O2S/c10-6-4-2-1-3-5(9(12)13)7(4)14-8(6)11/h1-3H,(H,12,13). The minimum Gasteiger partial charge on any atom is -0.478 e. The van der Waals surface area contributed by atoms with Crippen LogP contribution in [0.2, 0.25) is 9.36 Å². The van der Waals surface area contributed by atoms with E-state index in [1.807, 2.05) is 0 Å². The second-order valence-corrected chi connectivity index (χ2v) is 4.68. The van der Waals surface area contributed by atoms with Crippen molar-refractivity contribution < 1.29 is 9.90 Å². The zero-order valence-corrected chi connectivity index (χ0v) is 9.08. The fourth-order valence-electron chi connectivity index (χ4n) is 1.23. The van der Waals surface area contributed by atoms with Crippen molar-refractivity contribution in [1.29, 1.82) is 0 Å². The van der Waals surface area contributed by atoms with Gasteiger partial charge in [-0.05, 0) is 6.07 Å². The van der Waals surface area contributed by atoms with Gasteiger partial charge in [-0.25, -0.2) is 4.79 Å². The van der Waals surface area contributed by atoms with Crippen LogP contribution in [0.3, 0.4) is 0 Å². The third-order valence-electron chi connectivity index (χ3n) is 1.85. The van der Waals surface area contributed by atoms with E-state index in [0.717, 1.165) is 0 Å². The van der Waals surface area contributed by atoms with Gasteiger partial charge in [-0.3, -0.25) is 0 Å². The Morgan fingerprint density at radius 1 is 1.36 bits per heavy atom. The molecule has 0 aliphatic heterocycles. The molecule has 1 N–H and O–H groups in total. The second kappa shape index (κ2) is 3.42. The molecule has 0 saturated heterocycles. The quantitative estimate of drug-likeness (QED) is 0.829. The van der Waals surface area contributed by atoms with E-state index >= 15 is 0 Å². The number of thiophene rings is 1. The van der Waals surface area contributed by atoms with Crippen LogP contribution in [0.25, 0.3) is 10.1 Å². The Bertz CT molecular complexity index is 519. The molecule has 1 aromatic carbocycles. The number of carboxylic acids is 1. The average molecular weight is 247 g/mol. The molecule has 0 spiro atoms. The van der Waals surface area contributed by atoms with E-state index in [9.17, 15) is 4.79 Å². The van der Waals surface area contributed by atoms with Gasteiger partial charge in [0.15, 0.2) is 0 Å². The number of carbonyl (C=O) groups is 1. The van der Waals surface area contributed by atoms with Crippen LogP contribution < -0.4 is 0 Å². The van der Waals surface area contributed by atoms with Crippen molar-refractivity contribution in [3.63, 3.8) is 0 Å². The summed E-state index contributed by atoms with van der Waals surface area (Å²) in [5.41, 5.74) is 0.237. The first-order valence-electron chi connectivity index (χ1n) is 3.71. The molecule has 0 radical (unpaired) electrons. The summed E-state index contributed by atoms with van der Waals surface area (Å²) in [5, 5.41) is 10.0. The van der Waals surface area contributed by atoms with E-state index in [2.05, 4.69) is 0 Å². The minimum atomic E-state index is -0.967. The Labute approximate surface area is 93.7 Å². The fourth-order valence-corrected chi connectivity index (χ4v) is 2.82. The Kier molecular flexibility index (Phi) is 2.39. The lowest BCUT2D eigenvalue weighted by atomic mass is 10.2. The summed E-state index contributed by atoms with van der Waals surface area (Å²) >= 11 is 12.9. The zero-order valence-electron chi connectivity index (χ0n) is 6.75. The summed E-state index contributed by atoms with van der Waals surface area (Å²) in [6.45, 7) is 0. The molecule has 0 amide bonds. The van der Waals surface area contributed by atoms with Gasteiger partial charge in [-0.15, -0.1) is 11.3 Å². The summed E-state index contributed by atoms with van der Waals surface area (Å²) in [6.07, 6.45) is 0. The van der Waals surface area contributed by atoms with Crippen LogP contribution in [-0.2, 0) is 0 Å². The average Bonchev–Trinajstić information content (AvgIpc) is 2.43. The number of fused-ring (bicyclic) bond motifs is 1. The maximum absolute atomic E-state index is 10.9. The van der Waals surface area contributed by atoms with Gasteiger partial charge in [0.2, 0.25) is 0 Å². The third kappa shape index (κ3) is 1.38. The van der Waals surface area contributed by atoms with Gasteiger partial charge in [0.1, 0.15) is 4.34 Å². The van der Waals surface area contributed by atoms with Gasteiger partial charge in [0.05, 0.1) is 15.3 Å². The highest BCUT2D eigenvalue weighted by Gasteiger charge is 2.14. The molecular weight excluding hydrogens is 243 g/mol. The molecule has 1 aromatic heterocycles. The van der Waals surface area contributed by atoms with Crippen LogP contribution in [0.5, 0.6) is 0 Å². The Hall–Kier alpha value is -0.770. The molecule has 0 fully saturated rings. The lowest BCUT2D eigenvalue weighted by molar-refractivity contribution is 0.0699. The molecule has 0 aliphatic carbocycles. The van der Waals surface area contributed by atoms with E-state index in [1.54, 1.807) is 12.1 Å². The van der Waals surface area contributed by atoms with Crippen molar-refractivity contribution in [3.05, 3.63) is 33.1 Å². The number of halogens is 2. The van der Waals surface area contributed by atoms with Gasteiger partial charge < -0.3 is 5.11 Å². The van der Waals surface area contributed by atoms with Gasteiger partial charge in [0, 0.05) is 5.39 Å². The van der Waals surface area contributed by atoms with Crippen molar-refractivity contribution in [1.82, 2.24) is 0 Å². The summed E-state index contributed by atoms with van der Waals surface area (Å²) in [5.74, 6) is -0.967. The lowest BCUT2D eigenvalue weighted by Gasteiger charge is -1.95. The first-order valence-corrected chi connectivity index (χ1v) is 5.28. The third-order valence-corrected chi connectivity index (χ3v) is 3.90. The lowest BCUT2D eigenvalue weighted by Crippen LogP contribution is -1.94. The fraction of sp³-hybridized carbons (Fsp3) is 0. The molecule has 5 heteroatoms. The van der Waals surface area contributed by atoms with Crippen molar-refractivity contribution in [2.75, 3.05) is 0 Å². The van der Waals surface area contributed by atoms with Gasteiger partial charge in [-0.2, -0.15) is 0 Å². The SMILES string of the molecule is O=C(O)c1cccc2c(Cl)c(Cl)sc12. The molecule has 14 heavy (non-hydrogen) atoms. The van der Waals surface area contributed by atoms with Gasteiger partial charge in [-0.1, -0.05) is 35.3 Å². The Morgan fingerprint density at radius 3 is 2.71 bits per heavy atom. The molecule has 0 aliphatic rings. The molecule has 1 heterocycles. The van der Waals surface area contributed by atoms with Crippen LogP contribution in [0.1, 0.15) is 10.4 Å². The van der Waals surface area contributed by atoms with Crippen LogP contribution in [-0.4, -0.2) is 11.1 Å². The van der Waals surface area contributed by atoms with Crippen LogP contribution in [0, 0.1) is 0 Å². The number of rotatable bonds is 1. The van der Waals surface area contributed by atoms with Crippen LogP contribution in [0.4, 0.5) is 0 Å². The summed E-state index contributed by atoms with van der Waals surface area (Å²) < 4.78 is 1.05. The molecule has 0 unspecified atom stereocenters. The maximum atomic E-state index is 10.9. The van der Waals surface area contributed by atoms with E-state index in [4.69, 9.17) is 28.3 Å². The molecule has 2 rings (SSSR count). The number of carboxylic acid groups (broad SMARTS) is 1. The van der Waals surface area contributed by atoms with Crippen molar-refractivity contribution in [2.45, 2.75) is 0 Å².